The number of nitrogens with zero attached hydrogens (tertiary/aromatic N) is 1. The largest absolute Gasteiger partial charge is 0.437 e. The van der Waals surface area contributed by atoms with E-state index in [2.05, 4.69) is 15.9 Å². The molecular formula is C18H18BrNO3. The summed E-state index contributed by atoms with van der Waals surface area (Å²) in [7, 11) is 0. The van der Waals surface area contributed by atoms with Crippen molar-refractivity contribution in [3.8, 4) is 0 Å². The van der Waals surface area contributed by atoms with Crippen LogP contribution in [0.15, 0.2) is 59.1 Å². The van der Waals surface area contributed by atoms with E-state index < -0.39 is 5.60 Å². The van der Waals surface area contributed by atoms with Crippen molar-refractivity contribution in [1.82, 2.24) is 0 Å². The Balaban J connectivity index is 1.87. The third kappa shape index (κ3) is 3.26. The highest BCUT2D eigenvalue weighted by Gasteiger charge is 2.42. The van der Waals surface area contributed by atoms with Gasteiger partial charge in [-0.15, -0.1) is 0 Å². The maximum Gasteiger partial charge on any atom is 0.415 e. The summed E-state index contributed by atoms with van der Waals surface area (Å²) in [4.78, 5) is 14.2. The van der Waals surface area contributed by atoms with E-state index in [-0.39, 0.29) is 12.7 Å². The molecule has 1 N–H and O–H groups in total. The maximum absolute atomic E-state index is 12.6. The number of aliphatic hydroxyl groups is 1. The fraction of sp³-hybridized carbons (Fsp3) is 0.278. The lowest BCUT2D eigenvalue weighted by atomic mass is 9.86. The Labute approximate surface area is 143 Å². The summed E-state index contributed by atoms with van der Waals surface area (Å²) in [5.74, 6) is 0. The predicted molar refractivity (Wildman–Crippen MR) is 92.4 cm³/mol. The van der Waals surface area contributed by atoms with Crippen LogP contribution in [-0.4, -0.2) is 24.4 Å². The van der Waals surface area contributed by atoms with Crippen molar-refractivity contribution in [1.29, 1.82) is 0 Å². The molecule has 2 aromatic carbocycles. The Kier molecular flexibility index (Phi) is 4.68. The molecule has 3 rings (SSSR count). The summed E-state index contributed by atoms with van der Waals surface area (Å²) in [5.41, 5.74) is 0.974. The SMILES string of the molecule is O=C1OC(CCO)(c2ccccc2)CCN1c1cccc(Br)c1. The van der Waals surface area contributed by atoms with Gasteiger partial charge in [0, 0.05) is 36.2 Å². The van der Waals surface area contributed by atoms with Crippen molar-refractivity contribution in [2.24, 2.45) is 0 Å². The quantitative estimate of drug-likeness (QED) is 0.875. The highest BCUT2D eigenvalue weighted by Crippen LogP contribution is 2.38. The minimum absolute atomic E-state index is 0.0287. The van der Waals surface area contributed by atoms with Gasteiger partial charge in [-0.2, -0.15) is 0 Å². The van der Waals surface area contributed by atoms with Crippen molar-refractivity contribution < 1.29 is 14.6 Å². The lowest BCUT2D eigenvalue weighted by Crippen LogP contribution is -2.48. The van der Waals surface area contributed by atoms with Gasteiger partial charge in [0.25, 0.3) is 0 Å². The predicted octanol–water partition coefficient (Wildman–Crippen LogP) is 4.07. The fourth-order valence-electron chi connectivity index (χ4n) is 2.98. The minimum atomic E-state index is -0.754. The van der Waals surface area contributed by atoms with Crippen molar-refractivity contribution in [3.63, 3.8) is 0 Å². The first-order valence-corrected chi connectivity index (χ1v) is 8.36. The lowest BCUT2D eigenvalue weighted by Gasteiger charge is -2.41. The summed E-state index contributed by atoms with van der Waals surface area (Å²) in [6.45, 7) is 0.517. The molecule has 1 amide bonds. The van der Waals surface area contributed by atoms with Crippen LogP contribution in [-0.2, 0) is 10.3 Å². The lowest BCUT2D eigenvalue weighted by molar-refractivity contribution is -0.0257. The molecule has 1 atom stereocenters. The molecule has 1 fully saturated rings. The van der Waals surface area contributed by atoms with Crippen molar-refractivity contribution in [2.75, 3.05) is 18.1 Å². The number of hydrogen-bond acceptors (Lipinski definition) is 3. The molecule has 1 aliphatic heterocycles. The van der Waals surface area contributed by atoms with Crippen LogP contribution in [0.1, 0.15) is 18.4 Å². The van der Waals surface area contributed by atoms with E-state index in [0.29, 0.717) is 19.4 Å². The number of halogens is 1. The summed E-state index contributed by atoms with van der Waals surface area (Å²) in [6, 6.07) is 17.2. The van der Waals surface area contributed by atoms with Gasteiger partial charge in [0.15, 0.2) is 0 Å². The Bertz CT molecular complexity index is 692. The van der Waals surface area contributed by atoms with Crippen LogP contribution >= 0.6 is 15.9 Å². The summed E-state index contributed by atoms with van der Waals surface area (Å²) < 4.78 is 6.73. The zero-order valence-corrected chi connectivity index (χ0v) is 14.2. The first-order chi connectivity index (χ1) is 11.1. The number of amides is 1. The number of carbonyl (C=O) groups excluding carboxylic acids is 1. The van der Waals surface area contributed by atoms with Gasteiger partial charge in [-0.25, -0.2) is 4.79 Å². The summed E-state index contributed by atoms with van der Waals surface area (Å²) in [6.07, 6.45) is 0.650. The normalized spacial score (nSPS) is 21.1. The molecule has 0 saturated carbocycles. The molecule has 1 heterocycles. The van der Waals surface area contributed by atoms with E-state index in [1.165, 1.54) is 0 Å². The molecule has 1 aliphatic rings. The van der Waals surface area contributed by atoms with E-state index in [4.69, 9.17) is 4.74 Å². The van der Waals surface area contributed by atoms with E-state index in [1.54, 1.807) is 4.90 Å². The van der Waals surface area contributed by atoms with Crippen LogP contribution in [0.3, 0.4) is 0 Å². The number of benzene rings is 2. The number of anilines is 1. The Morgan fingerprint density at radius 3 is 2.61 bits per heavy atom. The van der Waals surface area contributed by atoms with Crippen LogP contribution in [0.2, 0.25) is 0 Å². The molecule has 0 aromatic heterocycles. The molecule has 0 spiro atoms. The highest BCUT2D eigenvalue weighted by molar-refractivity contribution is 9.10. The third-order valence-electron chi connectivity index (χ3n) is 4.18. The smallest absolute Gasteiger partial charge is 0.415 e. The van der Waals surface area contributed by atoms with E-state index in [1.807, 2.05) is 54.6 Å². The summed E-state index contributed by atoms with van der Waals surface area (Å²) >= 11 is 3.42. The van der Waals surface area contributed by atoms with E-state index in [9.17, 15) is 9.90 Å². The number of rotatable bonds is 4. The second-order valence-corrected chi connectivity index (χ2v) is 6.50. The van der Waals surface area contributed by atoms with Gasteiger partial charge in [-0.3, -0.25) is 4.90 Å². The fourth-order valence-corrected chi connectivity index (χ4v) is 3.37. The Hall–Kier alpha value is -1.85. The average molecular weight is 376 g/mol. The number of carbonyl (C=O) groups is 1. The number of ether oxygens (including phenoxy) is 1. The third-order valence-corrected chi connectivity index (χ3v) is 4.67. The molecule has 0 bridgehead atoms. The molecule has 2 aromatic rings. The van der Waals surface area contributed by atoms with Crippen LogP contribution in [0, 0.1) is 0 Å². The Morgan fingerprint density at radius 1 is 1.17 bits per heavy atom. The minimum Gasteiger partial charge on any atom is -0.437 e. The molecule has 1 saturated heterocycles. The highest BCUT2D eigenvalue weighted by atomic mass is 79.9. The van der Waals surface area contributed by atoms with Gasteiger partial charge >= 0.3 is 6.09 Å². The first-order valence-electron chi connectivity index (χ1n) is 7.57. The monoisotopic (exact) mass is 375 g/mol. The number of cyclic esters (lactones) is 1. The van der Waals surface area contributed by atoms with Gasteiger partial charge in [-0.1, -0.05) is 52.3 Å². The van der Waals surface area contributed by atoms with Crippen molar-refractivity contribution >= 4 is 27.7 Å². The topological polar surface area (TPSA) is 49.8 Å². The second-order valence-electron chi connectivity index (χ2n) is 5.58. The molecule has 120 valence electrons. The molecule has 0 radical (unpaired) electrons. The van der Waals surface area contributed by atoms with Gasteiger partial charge in [-0.05, 0) is 23.8 Å². The first kappa shape index (κ1) is 16.0. The molecular weight excluding hydrogens is 358 g/mol. The van der Waals surface area contributed by atoms with Crippen LogP contribution in [0.4, 0.5) is 10.5 Å². The van der Waals surface area contributed by atoms with Gasteiger partial charge in [0.2, 0.25) is 0 Å². The van der Waals surface area contributed by atoms with Crippen molar-refractivity contribution in [2.45, 2.75) is 18.4 Å². The Morgan fingerprint density at radius 2 is 1.96 bits per heavy atom. The maximum atomic E-state index is 12.6. The second kappa shape index (κ2) is 6.72. The molecule has 0 aliphatic carbocycles. The zero-order valence-electron chi connectivity index (χ0n) is 12.6. The van der Waals surface area contributed by atoms with Crippen molar-refractivity contribution in [3.05, 3.63) is 64.6 Å². The molecule has 1 unspecified atom stereocenters. The van der Waals surface area contributed by atoms with Crippen LogP contribution in [0.5, 0.6) is 0 Å². The molecule has 5 heteroatoms. The number of aliphatic hydroxyl groups excluding tert-OH is 1. The van der Waals surface area contributed by atoms with Crippen LogP contribution in [0.25, 0.3) is 0 Å². The average Bonchev–Trinajstić information content (AvgIpc) is 2.56. The van der Waals surface area contributed by atoms with Gasteiger partial charge in [0.05, 0.1) is 0 Å². The van der Waals surface area contributed by atoms with E-state index in [0.717, 1.165) is 15.7 Å². The van der Waals surface area contributed by atoms with E-state index >= 15 is 0 Å². The zero-order chi connectivity index (χ0) is 16.3. The van der Waals surface area contributed by atoms with Gasteiger partial charge in [0.1, 0.15) is 5.60 Å². The van der Waals surface area contributed by atoms with Gasteiger partial charge < -0.3 is 9.84 Å². The summed E-state index contributed by atoms with van der Waals surface area (Å²) in [5, 5.41) is 9.44. The standard InChI is InChI=1S/C18H18BrNO3/c19-15-7-4-8-16(13-15)20-11-9-18(10-12-21,23-17(20)22)14-5-2-1-3-6-14/h1-8,13,21H,9-12H2. The molecule has 23 heavy (non-hydrogen) atoms. The number of hydrogen-bond donors (Lipinski definition) is 1. The van der Waals surface area contributed by atoms with Crippen LogP contribution < -0.4 is 4.90 Å². The molecule has 4 nitrogen and oxygen atoms in total.